The number of hydrogen-bond donors (Lipinski definition) is 3. The van der Waals surface area contributed by atoms with Crippen LogP contribution >= 0.6 is 0 Å². The molecule has 3 N–H and O–H groups in total. The maximum Gasteiger partial charge on any atom is 0.407 e. The Hall–Kier alpha value is -4.14. The Bertz CT molecular complexity index is 1160. The number of fused-ring (bicyclic) bond motifs is 3. The van der Waals surface area contributed by atoms with Crippen LogP contribution in [0.3, 0.4) is 0 Å². The number of carboxylic acids is 1. The molecule has 1 heterocycles. The predicted molar refractivity (Wildman–Crippen MR) is 122 cm³/mol. The number of ether oxygens (including phenoxy) is 1. The monoisotopic (exact) mass is 463 g/mol. The van der Waals surface area contributed by atoms with Gasteiger partial charge in [0.25, 0.3) is 0 Å². The van der Waals surface area contributed by atoms with Crippen LogP contribution in [0.4, 0.5) is 4.79 Å². The van der Waals surface area contributed by atoms with Crippen molar-refractivity contribution in [2.45, 2.75) is 38.3 Å². The van der Waals surface area contributed by atoms with Gasteiger partial charge in [-0.05, 0) is 28.7 Å². The number of carbonyl (C=O) groups excluding carboxylic acids is 2. The zero-order valence-corrected chi connectivity index (χ0v) is 18.6. The summed E-state index contributed by atoms with van der Waals surface area (Å²) >= 11 is 0. The highest BCUT2D eigenvalue weighted by molar-refractivity contribution is 5.86. The van der Waals surface area contributed by atoms with Crippen molar-refractivity contribution in [3.05, 3.63) is 77.5 Å². The molecule has 1 aromatic heterocycles. The largest absolute Gasteiger partial charge is 0.481 e. The van der Waals surface area contributed by atoms with Gasteiger partial charge >= 0.3 is 12.1 Å². The summed E-state index contributed by atoms with van der Waals surface area (Å²) in [4.78, 5) is 40.2. The third-order valence-electron chi connectivity index (χ3n) is 5.71. The molecule has 9 heteroatoms. The van der Waals surface area contributed by atoms with Crippen LogP contribution in [0, 0.1) is 6.92 Å². The summed E-state index contributed by atoms with van der Waals surface area (Å²) in [5.74, 6) is -0.826. The lowest BCUT2D eigenvalue weighted by Gasteiger charge is -2.19. The fraction of sp³-hybridized carbons (Fsp3) is 0.280. The summed E-state index contributed by atoms with van der Waals surface area (Å²) in [6, 6.07) is 14.9. The molecule has 0 aliphatic heterocycles. The lowest BCUT2D eigenvalue weighted by molar-refractivity contribution is -0.137. The highest BCUT2D eigenvalue weighted by Gasteiger charge is 2.30. The highest BCUT2D eigenvalue weighted by atomic mass is 16.5. The Balaban J connectivity index is 1.38. The van der Waals surface area contributed by atoms with Crippen molar-refractivity contribution in [2.24, 2.45) is 0 Å². The number of alkyl carbamates (subject to hydrolysis) is 1. The number of aromatic nitrogens is 1. The molecular weight excluding hydrogens is 438 g/mol. The number of carbonyl (C=O) groups is 3. The van der Waals surface area contributed by atoms with Crippen LogP contribution in [0.25, 0.3) is 11.1 Å². The van der Waals surface area contributed by atoms with Crippen LogP contribution in [0.2, 0.25) is 0 Å². The Morgan fingerprint density at radius 1 is 1.09 bits per heavy atom. The second-order valence-corrected chi connectivity index (χ2v) is 8.02. The van der Waals surface area contributed by atoms with Gasteiger partial charge in [-0.1, -0.05) is 48.5 Å². The van der Waals surface area contributed by atoms with Crippen molar-refractivity contribution < 1.29 is 28.6 Å². The smallest absolute Gasteiger partial charge is 0.407 e. The van der Waals surface area contributed by atoms with Crippen LogP contribution in [-0.4, -0.2) is 40.7 Å². The number of hydrogen-bond acceptors (Lipinski definition) is 6. The summed E-state index contributed by atoms with van der Waals surface area (Å²) in [7, 11) is 0. The number of aliphatic carboxylic acids is 1. The lowest BCUT2D eigenvalue weighted by atomic mass is 9.98. The van der Waals surface area contributed by atoms with Crippen LogP contribution in [-0.2, 0) is 20.9 Å². The molecule has 4 rings (SSSR count). The zero-order valence-electron chi connectivity index (χ0n) is 18.6. The minimum Gasteiger partial charge on any atom is -0.481 e. The van der Waals surface area contributed by atoms with Crippen molar-refractivity contribution in [2.75, 3.05) is 6.61 Å². The first-order valence-electron chi connectivity index (χ1n) is 10.9. The second-order valence-electron chi connectivity index (χ2n) is 8.02. The van der Waals surface area contributed by atoms with Crippen molar-refractivity contribution >= 4 is 18.0 Å². The average molecular weight is 463 g/mol. The minimum absolute atomic E-state index is 0.0651. The number of carboxylic acid groups (broad SMARTS) is 1. The fourth-order valence-corrected chi connectivity index (χ4v) is 4.10. The quantitative estimate of drug-likeness (QED) is 0.443. The van der Waals surface area contributed by atoms with Gasteiger partial charge in [-0.2, -0.15) is 0 Å². The number of rotatable bonds is 9. The third-order valence-corrected chi connectivity index (χ3v) is 5.71. The summed E-state index contributed by atoms with van der Waals surface area (Å²) in [6.45, 7) is 1.83. The van der Waals surface area contributed by atoms with Gasteiger partial charge in [-0.25, -0.2) is 9.78 Å². The molecule has 0 saturated heterocycles. The predicted octanol–water partition coefficient (Wildman–Crippen LogP) is 3.37. The number of nitrogens with zero attached hydrogens (tertiary/aromatic N) is 1. The molecule has 34 heavy (non-hydrogen) atoms. The molecule has 2 amide bonds. The maximum atomic E-state index is 12.6. The van der Waals surface area contributed by atoms with E-state index in [4.69, 9.17) is 14.3 Å². The van der Waals surface area contributed by atoms with E-state index in [1.54, 1.807) is 6.92 Å². The van der Waals surface area contributed by atoms with Crippen molar-refractivity contribution in [1.82, 2.24) is 15.6 Å². The molecule has 176 valence electrons. The summed E-state index contributed by atoms with van der Waals surface area (Å²) in [5, 5.41) is 14.2. The fourth-order valence-electron chi connectivity index (χ4n) is 4.10. The average Bonchev–Trinajstić information content (AvgIpc) is 3.39. The van der Waals surface area contributed by atoms with E-state index in [1.807, 2.05) is 48.5 Å². The number of benzene rings is 2. The summed E-state index contributed by atoms with van der Waals surface area (Å²) < 4.78 is 10.8. The van der Waals surface area contributed by atoms with E-state index in [2.05, 4.69) is 15.6 Å². The molecule has 0 saturated carbocycles. The number of oxazole rings is 1. The Labute approximate surface area is 196 Å². The van der Waals surface area contributed by atoms with E-state index < -0.39 is 24.0 Å². The SMILES string of the molecule is Cc1ncc(CNC(=O)C(CCC(=O)O)NC(=O)OCC2c3ccccc3-c3ccccc32)o1. The van der Waals surface area contributed by atoms with Crippen molar-refractivity contribution in [3.8, 4) is 11.1 Å². The molecule has 1 aliphatic carbocycles. The van der Waals surface area contributed by atoms with Gasteiger partial charge in [-0.15, -0.1) is 0 Å². The molecule has 1 atom stereocenters. The van der Waals surface area contributed by atoms with Gasteiger partial charge in [-0.3, -0.25) is 9.59 Å². The summed E-state index contributed by atoms with van der Waals surface area (Å²) in [5.41, 5.74) is 4.35. The lowest BCUT2D eigenvalue weighted by Crippen LogP contribution is -2.47. The van der Waals surface area contributed by atoms with Gasteiger partial charge in [0.2, 0.25) is 5.91 Å². The number of nitrogens with one attached hydrogen (secondary N) is 2. The molecule has 0 bridgehead atoms. The molecule has 0 radical (unpaired) electrons. The van der Waals surface area contributed by atoms with Gasteiger partial charge in [0, 0.05) is 19.3 Å². The van der Waals surface area contributed by atoms with Gasteiger partial charge in [0.1, 0.15) is 18.4 Å². The van der Waals surface area contributed by atoms with Crippen LogP contribution in [0.1, 0.15) is 41.5 Å². The third kappa shape index (κ3) is 5.25. The van der Waals surface area contributed by atoms with E-state index in [9.17, 15) is 14.4 Å². The topological polar surface area (TPSA) is 131 Å². The minimum atomic E-state index is -1.07. The van der Waals surface area contributed by atoms with Crippen LogP contribution in [0.5, 0.6) is 0 Å². The maximum absolute atomic E-state index is 12.6. The molecule has 9 nitrogen and oxygen atoms in total. The molecular formula is C25H25N3O6. The molecule has 1 unspecified atom stereocenters. The number of amides is 2. The first-order valence-corrected chi connectivity index (χ1v) is 10.9. The zero-order chi connectivity index (χ0) is 24.1. The first-order chi connectivity index (χ1) is 16.4. The van der Waals surface area contributed by atoms with Crippen LogP contribution in [0.15, 0.2) is 59.1 Å². The van der Waals surface area contributed by atoms with E-state index in [0.717, 1.165) is 22.3 Å². The molecule has 0 fully saturated rings. The standard InChI is InChI=1S/C25H25N3O6/c1-15-26-12-16(34-15)13-27-24(31)22(10-11-23(29)30)28-25(32)33-14-21-19-8-4-2-6-17(19)18-7-3-5-9-20(18)21/h2-9,12,21-22H,10-11,13-14H2,1H3,(H,27,31)(H,28,32)(H,29,30). The van der Waals surface area contributed by atoms with E-state index in [1.165, 1.54) is 6.20 Å². The summed E-state index contributed by atoms with van der Waals surface area (Å²) in [6.07, 6.45) is 0.327. The molecule has 2 aromatic carbocycles. The Morgan fingerprint density at radius 3 is 2.32 bits per heavy atom. The molecule has 0 spiro atoms. The molecule has 1 aliphatic rings. The normalized spacial score (nSPS) is 13.0. The molecule has 3 aromatic rings. The Kier molecular flexibility index (Phi) is 6.91. The highest BCUT2D eigenvalue weighted by Crippen LogP contribution is 2.44. The van der Waals surface area contributed by atoms with E-state index in [-0.39, 0.29) is 31.9 Å². The van der Waals surface area contributed by atoms with Gasteiger partial charge in [0.15, 0.2) is 5.89 Å². The van der Waals surface area contributed by atoms with Gasteiger partial charge in [0.05, 0.1) is 12.7 Å². The van der Waals surface area contributed by atoms with Gasteiger partial charge < -0.3 is 24.9 Å². The van der Waals surface area contributed by atoms with Crippen molar-refractivity contribution in [3.63, 3.8) is 0 Å². The van der Waals surface area contributed by atoms with E-state index >= 15 is 0 Å². The first kappa shape index (κ1) is 23.0. The number of aryl methyl sites for hydroxylation is 1. The Morgan fingerprint density at radius 2 is 1.74 bits per heavy atom. The van der Waals surface area contributed by atoms with E-state index in [0.29, 0.717) is 11.7 Å². The second kappa shape index (κ2) is 10.2. The van der Waals surface area contributed by atoms with Crippen molar-refractivity contribution in [1.29, 1.82) is 0 Å². The van der Waals surface area contributed by atoms with Crippen LogP contribution < -0.4 is 10.6 Å².